The van der Waals surface area contributed by atoms with Crippen LogP contribution >= 0.6 is 11.8 Å². The zero-order valence-electron chi connectivity index (χ0n) is 9.51. The van der Waals surface area contributed by atoms with E-state index in [4.69, 9.17) is 5.11 Å². The van der Waals surface area contributed by atoms with Gasteiger partial charge < -0.3 is 15.5 Å². The Hall–Kier alpha value is -1.20. The molecule has 1 fully saturated rings. The molecule has 0 bridgehead atoms. The van der Waals surface area contributed by atoms with Crippen LogP contribution in [-0.2, 0) is 4.79 Å². The van der Waals surface area contributed by atoms with E-state index in [1.165, 1.54) is 0 Å². The fourth-order valence-electron chi connectivity index (χ4n) is 2.10. The molecule has 17 heavy (non-hydrogen) atoms. The average Bonchev–Trinajstić information content (AvgIpc) is 2.79. The van der Waals surface area contributed by atoms with Gasteiger partial charge in [-0.3, -0.25) is 4.79 Å². The van der Waals surface area contributed by atoms with E-state index in [1.54, 1.807) is 17.8 Å². The number of phenolic OH excluding ortho intramolecular Hbond substituents is 1. The molecule has 1 saturated heterocycles. The van der Waals surface area contributed by atoms with Crippen LogP contribution in [0.2, 0.25) is 0 Å². The molecular formula is C12H15NO3S. The molecule has 0 spiro atoms. The van der Waals surface area contributed by atoms with Crippen molar-refractivity contribution in [1.29, 1.82) is 0 Å². The van der Waals surface area contributed by atoms with Crippen molar-refractivity contribution in [3.63, 3.8) is 0 Å². The van der Waals surface area contributed by atoms with Crippen LogP contribution in [0.5, 0.6) is 5.75 Å². The van der Waals surface area contributed by atoms with Gasteiger partial charge in [-0.05, 0) is 30.9 Å². The van der Waals surface area contributed by atoms with E-state index in [9.17, 15) is 9.90 Å². The largest absolute Gasteiger partial charge is 0.508 e. The Morgan fingerprint density at radius 2 is 2.29 bits per heavy atom. The first-order chi connectivity index (χ1) is 8.11. The first kappa shape index (κ1) is 12.3. The molecule has 0 saturated carbocycles. The highest BCUT2D eigenvalue weighted by atomic mass is 32.2. The van der Waals surface area contributed by atoms with Crippen molar-refractivity contribution in [3.8, 4) is 5.75 Å². The van der Waals surface area contributed by atoms with Crippen molar-refractivity contribution < 1.29 is 15.0 Å². The smallest absolute Gasteiger partial charge is 0.307 e. The standard InChI is InChI=1S/C12H15NO3S/c1-17-8-2-3-11(14)9(5-8)10-4-7(6-13-10)12(15)16/h2-3,5,7,10,13-14H,4,6H2,1H3,(H,15,16). The molecule has 0 aliphatic carbocycles. The molecule has 5 heteroatoms. The molecule has 1 aliphatic rings. The lowest BCUT2D eigenvalue weighted by Gasteiger charge is -2.13. The maximum atomic E-state index is 10.9. The highest BCUT2D eigenvalue weighted by Gasteiger charge is 2.31. The number of aliphatic carboxylic acids is 1. The molecule has 1 aliphatic heterocycles. The fraction of sp³-hybridized carbons (Fsp3) is 0.417. The van der Waals surface area contributed by atoms with E-state index >= 15 is 0 Å². The molecule has 0 amide bonds. The van der Waals surface area contributed by atoms with E-state index in [1.807, 2.05) is 18.4 Å². The summed E-state index contributed by atoms with van der Waals surface area (Å²) in [6.45, 7) is 0.461. The fourth-order valence-corrected chi connectivity index (χ4v) is 2.55. The molecule has 1 heterocycles. The third-order valence-electron chi connectivity index (χ3n) is 3.09. The Balaban J connectivity index is 2.20. The van der Waals surface area contributed by atoms with Gasteiger partial charge in [0.25, 0.3) is 0 Å². The quantitative estimate of drug-likeness (QED) is 0.717. The summed E-state index contributed by atoms with van der Waals surface area (Å²) in [5.74, 6) is -0.913. The molecule has 1 aromatic rings. The highest BCUT2D eigenvalue weighted by Crippen LogP contribution is 2.34. The summed E-state index contributed by atoms with van der Waals surface area (Å²) in [7, 11) is 0. The SMILES string of the molecule is CSc1ccc(O)c(C2CC(C(=O)O)CN2)c1. The third-order valence-corrected chi connectivity index (χ3v) is 3.82. The number of thioether (sulfide) groups is 1. The Morgan fingerprint density at radius 1 is 1.53 bits per heavy atom. The van der Waals surface area contributed by atoms with E-state index in [-0.39, 0.29) is 17.7 Å². The molecule has 0 radical (unpaired) electrons. The zero-order chi connectivity index (χ0) is 12.4. The summed E-state index contributed by atoms with van der Waals surface area (Å²) in [6, 6.07) is 5.37. The van der Waals surface area contributed by atoms with Gasteiger partial charge in [0.1, 0.15) is 5.75 Å². The van der Waals surface area contributed by atoms with Gasteiger partial charge in [-0.15, -0.1) is 11.8 Å². The maximum absolute atomic E-state index is 10.9. The Kier molecular flexibility index (Phi) is 3.59. The molecule has 92 valence electrons. The van der Waals surface area contributed by atoms with Crippen LogP contribution in [0.25, 0.3) is 0 Å². The Bertz CT molecular complexity index is 436. The summed E-state index contributed by atoms with van der Waals surface area (Å²) in [5, 5.41) is 21.9. The van der Waals surface area contributed by atoms with Crippen LogP contribution in [0.3, 0.4) is 0 Å². The molecule has 2 unspecified atom stereocenters. The monoisotopic (exact) mass is 253 g/mol. The minimum Gasteiger partial charge on any atom is -0.508 e. The van der Waals surface area contributed by atoms with Crippen molar-refractivity contribution in [1.82, 2.24) is 5.32 Å². The number of carboxylic acids is 1. The van der Waals surface area contributed by atoms with E-state index in [2.05, 4.69) is 5.32 Å². The van der Waals surface area contributed by atoms with Gasteiger partial charge in [0.2, 0.25) is 0 Å². The topological polar surface area (TPSA) is 69.6 Å². The molecule has 2 atom stereocenters. The second-order valence-corrected chi connectivity index (χ2v) is 5.04. The number of hydrogen-bond donors (Lipinski definition) is 3. The summed E-state index contributed by atoms with van der Waals surface area (Å²) in [6.07, 6.45) is 2.50. The summed E-state index contributed by atoms with van der Waals surface area (Å²) in [5.41, 5.74) is 0.792. The van der Waals surface area contributed by atoms with Crippen LogP contribution in [0.4, 0.5) is 0 Å². The van der Waals surface area contributed by atoms with E-state index in [0.29, 0.717) is 13.0 Å². The van der Waals surface area contributed by atoms with Crippen LogP contribution in [-0.4, -0.2) is 29.0 Å². The first-order valence-corrected chi connectivity index (χ1v) is 6.67. The number of benzene rings is 1. The summed E-state index contributed by atoms with van der Waals surface area (Å²) < 4.78 is 0. The molecule has 2 rings (SSSR count). The molecular weight excluding hydrogens is 238 g/mol. The number of phenols is 1. The van der Waals surface area contributed by atoms with Crippen molar-refractivity contribution in [2.75, 3.05) is 12.8 Å². The normalized spacial score (nSPS) is 23.8. The molecule has 1 aromatic carbocycles. The van der Waals surface area contributed by atoms with Gasteiger partial charge in [0, 0.05) is 23.0 Å². The number of rotatable bonds is 3. The Morgan fingerprint density at radius 3 is 2.88 bits per heavy atom. The van der Waals surface area contributed by atoms with E-state index < -0.39 is 5.97 Å². The molecule has 0 aromatic heterocycles. The van der Waals surface area contributed by atoms with Crippen LogP contribution in [0.1, 0.15) is 18.0 Å². The zero-order valence-corrected chi connectivity index (χ0v) is 10.3. The lowest BCUT2D eigenvalue weighted by Crippen LogP contribution is -2.17. The van der Waals surface area contributed by atoms with Gasteiger partial charge in [-0.1, -0.05) is 0 Å². The number of hydrogen-bond acceptors (Lipinski definition) is 4. The summed E-state index contributed by atoms with van der Waals surface area (Å²) >= 11 is 1.60. The van der Waals surface area contributed by atoms with Crippen molar-refractivity contribution >= 4 is 17.7 Å². The number of aromatic hydroxyl groups is 1. The third kappa shape index (κ3) is 2.56. The van der Waals surface area contributed by atoms with Crippen LogP contribution in [0, 0.1) is 5.92 Å². The van der Waals surface area contributed by atoms with Crippen molar-refractivity contribution in [3.05, 3.63) is 23.8 Å². The summed E-state index contributed by atoms with van der Waals surface area (Å²) in [4.78, 5) is 11.9. The van der Waals surface area contributed by atoms with Crippen molar-refractivity contribution in [2.24, 2.45) is 5.92 Å². The average molecular weight is 253 g/mol. The second-order valence-electron chi connectivity index (χ2n) is 4.16. The predicted octanol–water partition coefficient (Wildman–Crippen LogP) is 1.85. The lowest BCUT2D eigenvalue weighted by atomic mass is 9.99. The lowest BCUT2D eigenvalue weighted by molar-refractivity contribution is -0.141. The van der Waals surface area contributed by atoms with Gasteiger partial charge >= 0.3 is 5.97 Å². The molecule has 3 N–H and O–H groups in total. The van der Waals surface area contributed by atoms with Gasteiger partial charge in [0.05, 0.1) is 5.92 Å². The Labute approximate surface area is 104 Å². The molecule has 4 nitrogen and oxygen atoms in total. The maximum Gasteiger partial charge on any atom is 0.307 e. The number of carbonyl (C=O) groups is 1. The van der Waals surface area contributed by atoms with Crippen LogP contribution < -0.4 is 5.32 Å². The minimum atomic E-state index is -0.777. The van der Waals surface area contributed by atoms with Crippen molar-refractivity contribution in [2.45, 2.75) is 17.4 Å². The first-order valence-electron chi connectivity index (χ1n) is 5.45. The number of nitrogens with one attached hydrogen (secondary N) is 1. The minimum absolute atomic E-state index is 0.0665. The van der Waals surface area contributed by atoms with Crippen LogP contribution in [0.15, 0.2) is 23.1 Å². The predicted molar refractivity (Wildman–Crippen MR) is 66.4 cm³/mol. The van der Waals surface area contributed by atoms with Gasteiger partial charge in [-0.2, -0.15) is 0 Å². The van der Waals surface area contributed by atoms with Gasteiger partial charge in [-0.25, -0.2) is 0 Å². The number of carboxylic acid groups (broad SMARTS) is 1. The van der Waals surface area contributed by atoms with E-state index in [0.717, 1.165) is 10.5 Å². The second kappa shape index (κ2) is 4.98. The highest BCUT2D eigenvalue weighted by molar-refractivity contribution is 7.98. The van der Waals surface area contributed by atoms with Gasteiger partial charge in [0.15, 0.2) is 0 Å².